The van der Waals surface area contributed by atoms with E-state index in [-0.39, 0.29) is 28.5 Å². The summed E-state index contributed by atoms with van der Waals surface area (Å²) in [7, 11) is 0. The van der Waals surface area contributed by atoms with Gasteiger partial charge < -0.3 is 14.9 Å². The smallest absolute Gasteiger partial charge is 0.198 e. The minimum Gasteiger partial charge on any atom is -0.507 e. The quantitative estimate of drug-likeness (QED) is 0.630. The molecule has 8 heteroatoms. The average Bonchev–Trinajstić information content (AvgIpc) is 2.95. The van der Waals surface area contributed by atoms with Crippen LogP contribution in [0.1, 0.15) is 0 Å². The minimum absolute atomic E-state index is 0.0156. The van der Waals surface area contributed by atoms with Crippen LogP contribution in [0, 0.1) is 11.6 Å². The summed E-state index contributed by atoms with van der Waals surface area (Å²) < 4.78 is 33.0. The summed E-state index contributed by atoms with van der Waals surface area (Å²) in [6.45, 7) is 0. The Labute approximate surface area is 137 Å². The number of phenols is 2. The third kappa shape index (κ3) is 2.85. The number of rotatable bonds is 3. The third-order valence-corrected chi connectivity index (χ3v) is 3.71. The normalized spacial score (nSPS) is 10.7. The van der Waals surface area contributed by atoms with Crippen molar-refractivity contribution in [3.63, 3.8) is 0 Å². The molecule has 118 valence electrons. The first-order valence-corrected chi connectivity index (χ1v) is 7.13. The highest BCUT2D eigenvalue weighted by molar-refractivity contribution is 9.10. The maximum Gasteiger partial charge on any atom is 0.198 e. The molecule has 0 atom stereocenters. The number of ether oxygens (including phenoxy) is 1. The predicted octanol–water partition coefficient (Wildman–Crippen LogP) is 4.32. The van der Waals surface area contributed by atoms with Crippen molar-refractivity contribution in [2.75, 3.05) is 0 Å². The zero-order valence-electron chi connectivity index (χ0n) is 11.3. The molecule has 0 aliphatic rings. The first-order chi connectivity index (χ1) is 11.0. The molecule has 1 aromatic heterocycles. The molecule has 0 spiro atoms. The number of benzene rings is 2. The Kier molecular flexibility index (Phi) is 3.91. The number of hydrogen-bond acceptors (Lipinski definition) is 4. The number of phenolic OH excluding ortho intramolecular Hbond substituents is 2. The molecule has 23 heavy (non-hydrogen) atoms. The second-order valence-electron chi connectivity index (χ2n) is 4.58. The largest absolute Gasteiger partial charge is 0.507 e. The van der Waals surface area contributed by atoms with Crippen LogP contribution >= 0.6 is 15.9 Å². The maximum absolute atomic E-state index is 13.7. The number of aromatic hydroxyl groups is 2. The molecule has 0 aliphatic heterocycles. The van der Waals surface area contributed by atoms with Gasteiger partial charge in [-0.3, -0.25) is 5.10 Å². The van der Waals surface area contributed by atoms with Crippen LogP contribution in [0.3, 0.4) is 0 Å². The summed E-state index contributed by atoms with van der Waals surface area (Å²) in [4.78, 5) is 0. The van der Waals surface area contributed by atoms with Crippen molar-refractivity contribution in [2.24, 2.45) is 0 Å². The van der Waals surface area contributed by atoms with Crippen LogP contribution in [0.5, 0.6) is 23.0 Å². The van der Waals surface area contributed by atoms with Gasteiger partial charge in [-0.2, -0.15) is 5.10 Å². The summed E-state index contributed by atoms with van der Waals surface area (Å²) in [5, 5.41) is 25.8. The number of para-hydroxylation sites is 1. The van der Waals surface area contributed by atoms with Crippen molar-refractivity contribution in [2.45, 2.75) is 0 Å². The van der Waals surface area contributed by atoms with E-state index >= 15 is 0 Å². The number of aromatic amines is 1. The van der Waals surface area contributed by atoms with E-state index in [1.807, 2.05) is 0 Å². The summed E-state index contributed by atoms with van der Waals surface area (Å²) in [5.41, 5.74) is 0.435. The Bertz CT molecular complexity index is 863. The molecule has 5 nitrogen and oxygen atoms in total. The topological polar surface area (TPSA) is 78.4 Å². The van der Waals surface area contributed by atoms with E-state index in [0.717, 1.165) is 18.2 Å². The van der Waals surface area contributed by atoms with Gasteiger partial charge in [0, 0.05) is 11.6 Å². The van der Waals surface area contributed by atoms with E-state index in [1.165, 1.54) is 18.3 Å². The second kappa shape index (κ2) is 5.88. The van der Waals surface area contributed by atoms with Gasteiger partial charge in [-0.05, 0) is 34.1 Å². The molecule has 3 N–H and O–H groups in total. The molecule has 3 rings (SSSR count). The summed E-state index contributed by atoms with van der Waals surface area (Å²) in [6.07, 6.45) is 1.22. The summed E-state index contributed by atoms with van der Waals surface area (Å²) in [6, 6.07) is 5.88. The monoisotopic (exact) mass is 382 g/mol. The highest BCUT2D eigenvalue weighted by Crippen LogP contribution is 2.41. The Morgan fingerprint density at radius 1 is 1.09 bits per heavy atom. The van der Waals surface area contributed by atoms with Gasteiger partial charge in [-0.25, -0.2) is 8.78 Å². The lowest BCUT2D eigenvalue weighted by molar-refractivity contribution is 0.408. The number of nitrogens with zero attached hydrogens (tertiary/aromatic N) is 1. The average molecular weight is 383 g/mol. The first kappa shape index (κ1) is 15.3. The van der Waals surface area contributed by atoms with Crippen molar-refractivity contribution >= 4 is 15.9 Å². The molecule has 0 unspecified atom stereocenters. The Morgan fingerprint density at radius 3 is 2.48 bits per heavy atom. The number of halogens is 3. The molecule has 2 aromatic carbocycles. The Morgan fingerprint density at radius 2 is 1.78 bits per heavy atom. The van der Waals surface area contributed by atoms with Crippen LogP contribution in [0.2, 0.25) is 0 Å². The fraction of sp³-hybridized carbons (Fsp3) is 0. The summed E-state index contributed by atoms with van der Waals surface area (Å²) in [5.74, 6) is -2.71. The molecule has 0 bridgehead atoms. The van der Waals surface area contributed by atoms with Crippen LogP contribution in [0.4, 0.5) is 8.78 Å². The molecule has 0 amide bonds. The molecular formula is C15H9BrF2N2O3. The zero-order chi connectivity index (χ0) is 16.6. The predicted molar refractivity (Wildman–Crippen MR) is 81.5 cm³/mol. The fourth-order valence-electron chi connectivity index (χ4n) is 1.99. The molecule has 0 fully saturated rings. The van der Waals surface area contributed by atoms with Gasteiger partial charge in [-0.1, -0.05) is 6.07 Å². The highest BCUT2D eigenvalue weighted by Gasteiger charge is 2.19. The van der Waals surface area contributed by atoms with E-state index < -0.39 is 17.4 Å². The lowest BCUT2D eigenvalue weighted by Crippen LogP contribution is -1.93. The number of aromatic nitrogens is 2. The van der Waals surface area contributed by atoms with Gasteiger partial charge in [0.1, 0.15) is 17.2 Å². The molecule has 0 saturated heterocycles. The van der Waals surface area contributed by atoms with Crippen molar-refractivity contribution in [1.82, 2.24) is 10.2 Å². The number of hydrogen-bond donors (Lipinski definition) is 3. The Hall–Kier alpha value is -2.61. The van der Waals surface area contributed by atoms with Gasteiger partial charge in [-0.15, -0.1) is 0 Å². The second-order valence-corrected chi connectivity index (χ2v) is 5.44. The van der Waals surface area contributed by atoms with Crippen LogP contribution in [0.15, 0.2) is 41.0 Å². The lowest BCUT2D eigenvalue weighted by Gasteiger charge is -2.10. The molecular weight excluding hydrogens is 374 g/mol. The van der Waals surface area contributed by atoms with Crippen molar-refractivity contribution in [3.8, 4) is 34.3 Å². The zero-order valence-corrected chi connectivity index (χ0v) is 12.9. The standard InChI is InChI=1S/C15H9BrF2N2O3/c16-8-4-7(11(21)5-12(8)22)14-13(6-19-20-14)23-15-9(17)2-1-3-10(15)18/h1-6,21-22H,(H,19,20). The van der Waals surface area contributed by atoms with Crippen LogP contribution < -0.4 is 4.74 Å². The third-order valence-electron chi connectivity index (χ3n) is 3.07. The van der Waals surface area contributed by atoms with Gasteiger partial charge >= 0.3 is 0 Å². The fourth-order valence-corrected chi connectivity index (χ4v) is 2.33. The van der Waals surface area contributed by atoms with E-state index in [0.29, 0.717) is 4.47 Å². The molecule has 0 saturated carbocycles. The maximum atomic E-state index is 13.7. The first-order valence-electron chi connectivity index (χ1n) is 6.34. The molecule has 1 heterocycles. The van der Waals surface area contributed by atoms with Crippen LogP contribution in [-0.4, -0.2) is 20.4 Å². The van der Waals surface area contributed by atoms with E-state index in [9.17, 15) is 19.0 Å². The van der Waals surface area contributed by atoms with Gasteiger partial charge in [0.25, 0.3) is 0 Å². The molecule has 0 radical (unpaired) electrons. The van der Waals surface area contributed by atoms with Gasteiger partial charge in [0.2, 0.25) is 0 Å². The van der Waals surface area contributed by atoms with Crippen LogP contribution in [0.25, 0.3) is 11.3 Å². The van der Waals surface area contributed by atoms with Crippen molar-refractivity contribution in [3.05, 3.63) is 52.6 Å². The van der Waals surface area contributed by atoms with Crippen molar-refractivity contribution in [1.29, 1.82) is 0 Å². The van der Waals surface area contributed by atoms with E-state index in [2.05, 4.69) is 26.1 Å². The molecule has 0 aliphatic carbocycles. The number of H-pyrrole nitrogens is 1. The van der Waals surface area contributed by atoms with Gasteiger partial charge in [0.15, 0.2) is 23.1 Å². The Balaban J connectivity index is 2.06. The van der Waals surface area contributed by atoms with Crippen LogP contribution in [-0.2, 0) is 0 Å². The van der Waals surface area contributed by atoms with E-state index in [1.54, 1.807) is 0 Å². The highest BCUT2D eigenvalue weighted by atomic mass is 79.9. The summed E-state index contributed by atoms with van der Waals surface area (Å²) >= 11 is 3.12. The minimum atomic E-state index is -0.867. The van der Waals surface area contributed by atoms with E-state index in [4.69, 9.17) is 4.74 Å². The van der Waals surface area contributed by atoms with Crippen molar-refractivity contribution < 1.29 is 23.7 Å². The lowest BCUT2D eigenvalue weighted by atomic mass is 10.1. The molecule has 3 aromatic rings. The van der Waals surface area contributed by atoms with Gasteiger partial charge in [0.05, 0.1) is 10.7 Å². The number of nitrogens with one attached hydrogen (secondary N) is 1. The SMILES string of the molecule is Oc1cc(O)c(-c2[nH]ncc2Oc2c(F)cccc2F)cc1Br.